The third-order valence-corrected chi connectivity index (χ3v) is 6.42. The first-order valence-corrected chi connectivity index (χ1v) is 11.3. The van der Waals surface area contributed by atoms with Crippen molar-refractivity contribution in [1.29, 1.82) is 0 Å². The fourth-order valence-electron chi connectivity index (χ4n) is 4.66. The third-order valence-electron chi connectivity index (χ3n) is 6.42. The number of urea groups is 1. The van der Waals surface area contributed by atoms with Crippen molar-refractivity contribution in [1.82, 2.24) is 15.2 Å². The first kappa shape index (κ1) is 26.0. The number of amides is 2. The lowest BCUT2D eigenvalue weighted by Gasteiger charge is -2.37. The summed E-state index contributed by atoms with van der Waals surface area (Å²) in [6, 6.07) is 18.2. The van der Waals surface area contributed by atoms with E-state index in [0.29, 0.717) is 19.6 Å². The third kappa shape index (κ3) is 5.39. The molecule has 1 unspecified atom stereocenters. The Hall–Kier alpha value is -2.58. The second kappa shape index (κ2) is 11.2. The van der Waals surface area contributed by atoms with Crippen molar-refractivity contribution in [3.63, 3.8) is 0 Å². The van der Waals surface area contributed by atoms with Crippen LogP contribution in [-0.2, 0) is 0 Å². The van der Waals surface area contributed by atoms with Gasteiger partial charge >= 0.3 is 6.03 Å². The van der Waals surface area contributed by atoms with Crippen LogP contribution in [0, 0.1) is 6.92 Å². The Labute approximate surface area is 212 Å². The first-order chi connectivity index (χ1) is 15.6. The summed E-state index contributed by atoms with van der Waals surface area (Å²) in [7, 11) is 0. The lowest BCUT2D eigenvalue weighted by Crippen LogP contribution is -2.47. The fraction of sp³-hybridized carbons (Fsp3) is 0.360. The van der Waals surface area contributed by atoms with E-state index in [1.54, 1.807) is 4.90 Å². The number of fused-ring (bicyclic) bond motifs is 1. The van der Waals surface area contributed by atoms with Crippen LogP contribution >= 0.6 is 24.8 Å². The van der Waals surface area contributed by atoms with Gasteiger partial charge in [0, 0.05) is 68.3 Å². The van der Waals surface area contributed by atoms with E-state index in [9.17, 15) is 9.90 Å². The number of hydrogen-bond acceptors (Lipinski definition) is 5. The van der Waals surface area contributed by atoms with Gasteiger partial charge in [0.25, 0.3) is 0 Å². The van der Waals surface area contributed by atoms with Crippen LogP contribution in [0.3, 0.4) is 0 Å². The lowest BCUT2D eigenvalue weighted by molar-refractivity contribution is 0.109. The van der Waals surface area contributed by atoms with Crippen LogP contribution in [0.2, 0.25) is 0 Å². The van der Waals surface area contributed by atoms with Crippen molar-refractivity contribution in [3.8, 4) is 0 Å². The maximum atomic E-state index is 12.0. The molecule has 2 fully saturated rings. The number of nitrogens with zero attached hydrogens (tertiary/aromatic N) is 4. The number of carbonyl (C=O) groups is 1. The quantitative estimate of drug-likeness (QED) is 0.554. The molecule has 2 N–H and O–H groups in total. The van der Waals surface area contributed by atoms with Gasteiger partial charge in [-0.05, 0) is 48.9 Å². The number of aromatic nitrogens is 1. The van der Waals surface area contributed by atoms with E-state index < -0.39 is 6.10 Å². The molecule has 9 heteroatoms. The number of nitrogens with one attached hydrogen (secondary N) is 1. The zero-order chi connectivity index (χ0) is 22.1. The number of β-amino-alcohol motifs (C(OH)–C–C–N with tert-alkyl or cyclic N) is 1. The minimum Gasteiger partial charge on any atom is -0.387 e. The van der Waals surface area contributed by atoms with Crippen LogP contribution in [0.1, 0.15) is 17.4 Å². The van der Waals surface area contributed by atoms with E-state index in [2.05, 4.69) is 50.4 Å². The standard InChI is InChI=1S/C25H29N5O2.2ClH/c1-18-8-9-21-22(27-18)6-3-7-23(21)29-14-12-28(13-15-29)17-24(31)19-4-2-5-20(16-19)30-11-10-26-25(30)32;;/h2-9,16,24,31H,10-15,17H2,1H3,(H,26,32);2*1H. The highest BCUT2D eigenvalue weighted by Crippen LogP contribution is 2.28. The molecule has 3 heterocycles. The van der Waals surface area contributed by atoms with Crippen molar-refractivity contribution in [2.45, 2.75) is 13.0 Å². The maximum absolute atomic E-state index is 12.0. The predicted molar refractivity (Wildman–Crippen MR) is 142 cm³/mol. The molecular weight excluding hydrogens is 473 g/mol. The van der Waals surface area contributed by atoms with Gasteiger partial charge in [-0.25, -0.2) is 4.79 Å². The molecule has 2 aliphatic rings. The number of hydrogen-bond donors (Lipinski definition) is 2. The van der Waals surface area contributed by atoms with E-state index in [1.165, 1.54) is 11.1 Å². The molecule has 2 saturated heterocycles. The number of anilines is 2. The number of aliphatic hydroxyl groups is 1. The predicted octanol–water partition coefficient (Wildman–Crippen LogP) is 3.77. The van der Waals surface area contributed by atoms with Gasteiger partial charge in [0.2, 0.25) is 0 Å². The number of carbonyl (C=O) groups excluding carboxylic acids is 1. The zero-order valence-corrected chi connectivity index (χ0v) is 20.8. The van der Waals surface area contributed by atoms with Crippen LogP contribution in [-0.4, -0.2) is 66.8 Å². The van der Waals surface area contributed by atoms with Crippen molar-refractivity contribution in [3.05, 3.63) is 65.9 Å². The minimum atomic E-state index is -0.586. The number of rotatable bonds is 5. The summed E-state index contributed by atoms with van der Waals surface area (Å²) in [6.45, 7) is 7.51. The summed E-state index contributed by atoms with van der Waals surface area (Å²) < 4.78 is 0. The summed E-state index contributed by atoms with van der Waals surface area (Å²) in [4.78, 5) is 23.1. The molecule has 0 saturated carbocycles. The van der Waals surface area contributed by atoms with Gasteiger partial charge in [0.15, 0.2) is 0 Å². The molecule has 0 radical (unpaired) electrons. The number of aryl methyl sites for hydroxylation is 1. The Balaban J connectivity index is 0.00000162. The minimum absolute atomic E-state index is 0. The van der Waals surface area contributed by atoms with Gasteiger partial charge in [-0.15, -0.1) is 24.8 Å². The summed E-state index contributed by atoms with van der Waals surface area (Å²) in [5.74, 6) is 0. The summed E-state index contributed by atoms with van der Waals surface area (Å²) in [5.41, 5.74) is 4.97. The van der Waals surface area contributed by atoms with Crippen LogP contribution in [0.4, 0.5) is 16.2 Å². The largest absolute Gasteiger partial charge is 0.387 e. The molecule has 3 aromatic rings. The molecule has 7 nitrogen and oxygen atoms in total. The molecule has 1 atom stereocenters. The Morgan fingerprint density at radius 1 is 1.00 bits per heavy atom. The summed E-state index contributed by atoms with van der Waals surface area (Å²) in [5, 5.41) is 14.9. The highest BCUT2D eigenvalue weighted by atomic mass is 35.5. The van der Waals surface area contributed by atoms with Gasteiger partial charge in [0.05, 0.1) is 11.6 Å². The highest BCUT2D eigenvalue weighted by molar-refractivity contribution is 5.94. The Morgan fingerprint density at radius 3 is 2.50 bits per heavy atom. The molecule has 0 spiro atoms. The van der Waals surface area contributed by atoms with Gasteiger partial charge in [-0.2, -0.15) is 0 Å². The van der Waals surface area contributed by atoms with Gasteiger partial charge in [-0.1, -0.05) is 18.2 Å². The van der Waals surface area contributed by atoms with E-state index in [-0.39, 0.29) is 30.8 Å². The highest BCUT2D eigenvalue weighted by Gasteiger charge is 2.24. The normalized spacial score (nSPS) is 17.2. The van der Waals surface area contributed by atoms with Crippen molar-refractivity contribution >= 4 is 53.1 Å². The molecule has 182 valence electrons. The molecule has 1 aromatic heterocycles. The number of benzene rings is 2. The monoisotopic (exact) mass is 503 g/mol. The van der Waals surface area contributed by atoms with Crippen LogP contribution < -0.4 is 15.1 Å². The maximum Gasteiger partial charge on any atom is 0.321 e. The number of aliphatic hydroxyl groups excluding tert-OH is 1. The number of piperazine rings is 1. The topological polar surface area (TPSA) is 71.9 Å². The number of halogens is 2. The molecule has 2 aliphatic heterocycles. The molecule has 2 aromatic carbocycles. The van der Waals surface area contributed by atoms with E-state index in [4.69, 9.17) is 0 Å². The molecule has 5 rings (SSSR count). The van der Waals surface area contributed by atoms with E-state index in [1.807, 2.05) is 31.2 Å². The first-order valence-electron chi connectivity index (χ1n) is 11.3. The summed E-state index contributed by atoms with van der Waals surface area (Å²) >= 11 is 0. The Kier molecular flexibility index (Phi) is 8.60. The van der Waals surface area contributed by atoms with Gasteiger partial charge in [-0.3, -0.25) is 14.8 Å². The zero-order valence-electron chi connectivity index (χ0n) is 19.2. The smallest absolute Gasteiger partial charge is 0.321 e. The second-order valence-corrected chi connectivity index (χ2v) is 8.58. The molecule has 2 amide bonds. The average Bonchev–Trinajstić information content (AvgIpc) is 3.25. The van der Waals surface area contributed by atoms with Crippen molar-refractivity contribution in [2.24, 2.45) is 0 Å². The van der Waals surface area contributed by atoms with Crippen LogP contribution in [0.5, 0.6) is 0 Å². The van der Waals surface area contributed by atoms with Crippen LogP contribution in [0.25, 0.3) is 10.9 Å². The molecule has 0 bridgehead atoms. The van der Waals surface area contributed by atoms with Crippen molar-refractivity contribution in [2.75, 3.05) is 55.6 Å². The van der Waals surface area contributed by atoms with Gasteiger partial charge in [0.1, 0.15) is 0 Å². The summed E-state index contributed by atoms with van der Waals surface area (Å²) in [6.07, 6.45) is -0.586. The van der Waals surface area contributed by atoms with E-state index >= 15 is 0 Å². The van der Waals surface area contributed by atoms with Crippen molar-refractivity contribution < 1.29 is 9.90 Å². The lowest BCUT2D eigenvalue weighted by atomic mass is 10.1. The Morgan fingerprint density at radius 2 is 1.76 bits per heavy atom. The fourth-order valence-corrected chi connectivity index (χ4v) is 4.66. The molecule has 0 aliphatic carbocycles. The van der Waals surface area contributed by atoms with Crippen LogP contribution in [0.15, 0.2) is 54.6 Å². The average molecular weight is 504 g/mol. The van der Waals surface area contributed by atoms with E-state index in [0.717, 1.165) is 48.6 Å². The Bertz CT molecular complexity index is 1140. The second-order valence-electron chi connectivity index (χ2n) is 8.58. The molecule has 34 heavy (non-hydrogen) atoms. The van der Waals surface area contributed by atoms with Gasteiger partial charge < -0.3 is 15.3 Å². The SMILES string of the molecule is Cc1ccc2c(N3CCN(CC(O)c4cccc(N5CCNC5=O)c4)CC3)cccc2n1.Cl.Cl. The number of pyridine rings is 1. The molecular formula is C25H31Cl2N5O2.